The van der Waals surface area contributed by atoms with Gasteiger partial charge in [-0.1, -0.05) is 28.8 Å². The molecule has 6 heteroatoms. The molecule has 0 fully saturated rings. The Morgan fingerprint density at radius 3 is 2.52 bits per heavy atom. The SMILES string of the molecule is O=C(Nc1ccc(-c2cnns2)cc1)c1ccccc1S. The second kappa shape index (κ2) is 6.07. The van der Waals surface area contributed by atoms with Gasteiger partial charge in [-0.3, -0.25) is 4.79 Å². The maximum absolute atomic E-state index is 12.2. The fraction of sp³-hybridized carbons (Fsp3) is 0. The zero-order chi connectivity index (χ0) is 14.7. The van der Waals surface area contributed by atoms with E-state index in [1.54, 1.807) is 18.3 Å². The van der Waals surface area contributed by atoms with Crippen molar-refractivity contribution in [3.63, 3.8) is 0 Å². The summed E-state index contributed by atoms with van der Waals surface area (Å²) < 4.78 is 3.83. The van der Waals surface area contributed by atoms with E-state index >= 15 is 0 Å². The molecular formula is C15H11N3OS2. The summed E-state index contributed by atoms with van der Waals surface area (Å²) in [5, 5.41) is 6.66. The first-order valence-electron chi connectivity index (χ1n) is 6.21. The molecule has 0 aliphatic carbocycles. The summed E-state index contributed by atoms with van der Waals surface area (Å²) in [7, 11) is 0. The number of amides is 1. The van der Waals surface area contributed by atoms with E-state index in [-0.39, 0.29) is 5.91 Å². The molecule has 104 valence electrons. The highest BCUT2D eigenvalue weighted by atomic mass is 32.1. The lowest BCUT2D eigenvalue weighted by atomic mass is 10.1. The van der Waals surface area contributed by atoms with Crippen LogP contribution in [0, 0.1) is 0 Å². The molecule has 0 saturated carbocycles. The van der Waals surface area contributed by atoms with Crippen molar-refractivity contribution >= 4 is 35.8 Å². The maximum atomic E-state index is 12.2. The molecule has 3 rings (SSSR count). The maximum Gasteiger partial charge on any atom is 0.256 e. The average Bonchev–Trinajstić information content (AvgIpc) is 3.02. The van der Waals surface area contributed by atoms with Gasteiger partial charge in [0.15, 0.2) is 0 Å². The Labute approximate surface area is 131 Å². The molecule has 0 unspecified atom stereocenters. The zero-order valence-electron chi connectivity index (χ0n) is 10.9. The van der Waals surface area contributed by atoms with Crippen LogP contribution >= 0.6 is 24.2 Å². The van der Waals surface area contributed by atoms with Gasteiger partial charge in [-0.15, -0.1) is 17.7 Å². The highest BCUT2D eigenvalue weighted by molar-refractivity contribution is 7.80. The van der Waals surface area contributed by atoms with E-state index in [2.05, 4.69) is 27.5 Å². The topological polar surface area (TPSA) is 54.9 Å². The van der Waals surface area contributed by atoms with Crippen LogP contribution in [0.15, 0.2) is 59.6 Å². The third-order valence-corrected chi connectivity index (χ3v) is 4.04. The van der Waals surface area contributed by atoms with E-state index < -0.39 is 0 Å². The Morgan fingerprint density at radius 1 is 1.10 bits per heavy atom. The van der Waals surface area contributed by atoms with Crippen molar-refractivity contribution in [2.75, 3.05) is 5.32 Å². The Balaban J connectivity index is 1.77. The molecule has 0 atom stereocenters. The first-order chi connectivity index (χ1) is 10.2. The van der Waals surface area contributed by atoms with Crippen LogP contribution in [0.2, 0.25) is 0 Å². The lowest BCUT2D eigenvalue weighted by molar-refractivity contribution is 0.102. The minimum absolute atomic E-state index is 0.173. The Bertz CT molecular complexity index is 755. The summed E-state index contributed by atoms with van der Waals surface area (Å²) in [5.41, 5.74) is 2.31. The minimum atomic E-state index is -0.173. The molecule has 0 spiro atoms. The van der Waals surface area contributed by atoms with Crippen molar-refractivity contribution in [1.29, 1.82) is 0 Å². The molecule has 3 aromatic rings. The van der Waals surface area contributed by atoms with Gasteiger partial charge in [-0.25, -0.2) is 0 Å². The Kier molecular flexibility index (Phi) is 3.98. The van der Waals surface area contributed by atoms with Gasteiger partial charge in [0.25, 0.3) is 5.91 Å². The summed E-state index contributed by atoms with van der Waals surface area (Å²) in [4.78, 5) is 13.8. The number of anilines is 1. The van der Waals surface area contributed by atoms with Crippen LogP contribution in [-0.4, -0.2) is 15.5 Å². The van der Waals surface area contributed by atoms with Crippen molar-refractivity contribution in [1.82, 2.24) is 9.59 Å². The summed E-state index contributed by atoms with van der Waals surface area (Å²) >= 11 is 5.62. The number of carbonyl (C=O) groups excluding carboxylic acids is 1. The molecule has 0 radical (unpaired) electrons. The molecule has 1 aromatic heterocycles. The fourth-order valence-electron chi connectivity index (χ4n) is 1.88. The largest absolute Gasteiger partial charge is 0.322 e. The monoisotopic (exact) mass is 313 g/mol. The normalized spacial score (nSPS) is 10.3. The van der Waals surface area contributed by atoms with Crippen LogP contribution in [0.25, 0.3) is 10.4 Å². The molecule has 2 aromatic carbocycles. The second-order valence-corrected chi connectivity index (χ2v) is 5.60. The smallest absolute Gasteiger partial charge is 0.256 e. The summed E-state index contributed by atoms with van der Waals surface area (Å²) in [5.74, 6) is -0.173. The predicted molar refractivity (Wildman–Crippen MR) is 87.0 cm³/mol. The standard InChI is InChI=1S/C15H11N3OS2/c19-15(12-3-1-2-4-13(12)20)17-11-7-5-10(6-8-11)14-9-16-18-21-14/h1-9,20H,(H,17,19). The lowest BCUT2D eigenvalue weighted by Crippen LogP contribution is -2.12. The Hall–Kier alpha value is -2.18. The van der Waals surface area contributed by atoms with Crippen molar-refractivity contribution in [2.24, 2.45) is 0 Å². The lowest BCUT2D eigenvalue weighted by Gasteiger charge is -2.07. The molecule has 0 aliphatic heterocycles. The molecule has 1 heterocycles. The van der Waals surface area contributed by atoms with E-state index in [9.17, 15) is 4.79 Å². The number of thiol groups is 1. The molecule has 1 amide bonds. The van der Waals surface area contributed by atoms with Crippen molar-refractivity contribution < 1.29 is 4.79 Å². The van der Waals surface area contributed by atoms with Gasteiger partial charge < -0.3 is 5.32 Å². The number of nitrogens with one attached hydrogen (secondary N) is 1. The first kappa shape index (κ1) is 13.8. The number of benzene rings is 2. The van der Waals surface area contributed by atoms with Gasteiger partial charge in [-0.2, -0.15) is 0 Å². The van der Waals surface area contributed by atoms with E-state index in [1.165, 1.54) is 11.5 Å². The van der Waals surface area contributed by atoms with Crippen LogP contribution in [-0.2, 0) is 0 Å². The minimum Gasteiger partial charge on any atom is -0.322 e. The number of hydrogen-bond acceptors (Lipinski definition) is 5. The van der Waals surface area contributed by atoms with Crippen LogP contribution < -0.4 is 5.32 Å². The van der Waals surface area contributed by atoms with E-state index in [0.29, 0.717) is 10.5 Å². The molecule has 0 aliphatic rings. The third kappa shape index (κ3) is 3.12. The average molecular weight is 313 g/mol. The molecule has 0 bridgehead atoms. The van der Waals surface area contributed by atoms with Gasteiger partial charge in [0.1, 0.15) is 0 Å². The van der Waals surface area contributed by atoms with Crippen molar-refractivity contribution in [3.05, 3.63) is 60.3 Å². The zero-order valence-corrected chi connectivity index (χ0v) is 12.6. The van der Waals surface area contributed by atoms with E-state index in [4.69, 9.17) is 0 Å². The number of hydrogen-bond donors (Lipinski definition) is 2. The molecule has 0 saturated heterocycles. The molecule has 21 heavy (non-hydrogen) atoms. The van der Waals surface area contributed by atoms with Crippen LogP contribution in [0.1, 0.15) is 10.4 Å². The van der Waals surface area contributed by atoms with Crippen LogP contribution in [0.3, 0.4) is 0 Å². The van der Waals surface area contributed by atoms with E-state index in [1.807, 2.05) is 36.4 Å². The number of rotatable bonds is 3. The van der Waals surface area contributed by atoms with Crippen LogP contribution in [0.4, 0.5) is 5.69 Å². The first-order valence-corrected chi connectivity index (χ1v) is 7.43. The highest BCUT2D eigenvalue weighted by Gasteiger charge is 2.09. The van der Waals surface area contributed by atoms with Gasteiger partial charge >= 0.3 is 0 Å². The van der Waals surface area contributed by atoms with Gasteiger partial charge in [0.2, 0.25) is 0 Å². The second-order valence-electron chi connectivity index (χ2n) is 4.33. The van der Waals surface area contributed by atoms with Gasteiger partial charge in [0, 0.05) is 10.6 Å². The number of carbonyl (C=O) groups is 1. The molecular weight excluding hydrogens is 302 g/mol. The summed E-state index contributed by atoms with van der Waals surface area (Å²) in [6.07, 6.45) is 1.72. The number of nitrogens with zero attached hydrogens (tertiary/aromatic N) is 2. The van der Waals surface area contributed by atoms with Crippen molar-refractivity contribution in [2.45, 2.75) is 4.90 Å². The predicted octanol–water partition coefficient (Wildman–Crippen LogP) is 3.75. The third-order valence-electron chi connectivity index (χ3n) is 2.94. The van der Waals surface area contributed by atoms with E-state index in [0.717, 1.165) is 16.1 Å². The number of aromatic nitrogens is 2. The van der Waals surface area contributed by atoms with Crippen LogP contribution in [0.5, 0.6) is 0 Å². The van der Waals surface area contributed by atoms with Gasteiger partial charge in [0.05, 0.1) is 16.6 Å². The quantitative estimate of drug-likeness (QED) is 0.724. The molecule has 1 N–H and O–H groups in total. The Morgan fingerprint density at radius 2 is 1.86 bits per heavy atom. The fourth-order valence-corrected chi connectivity index (χ4v) is 2.66. The summed E-state index contributed by atoms with van der Waals surface area (Å²) in [6.45, 7) is 0. The summed E-state index contributed by atoms with van der Waals surface area (Å²) in [6, 6.07) is 14.8. The highest BCUT2D eigenvalue weighted by Crippen LogP contribution is 2.23. The van der Waals surface area contributed by atoms with Crippen molar-refractivity contribution in [3.8, 4) is 10.4 Å². The van der Waals surface area contributed by atoms with Gasteiger partial charge in [-0.05, 0) is 41.4 Å². The molecule has 4 nitrogen and oxygen atoms in total.